The number of benzene rings is 1. The van der Waals surface area contributed by atoms with Crippen molar-refractivity contribution in [2.24, 2.45) is 0 Å². The summed E-state index contributed by atoms with van der Waals surface area (Å²) in [6.07, 6.45) is 3.98. The van der Waals surface area contributed by atoms with Crippen LogP contribution in [-0.2, 0) is 0 Å². The van der Waals surface area contributed by atoms with Crippen LogP contribution in [0.2, 0.25) is 0 Å². The third-order valence-corrected chi connectivity index (χ3v) is 3.52. The van der Waals surface area contributed by atoms with Crippen LogP contribution in [0.1, 0.15) is 24.5 Å². The molecule has 3 rings (SSSR count). The summed E-state index contributed by atoms with van der Waals surface area (Å²) in [4.78, 5) is 7.15. The molecule has 0 saturated heterocycles. The highest BCUT2D eigenvalue weighted by molar-refractivity contribution is 9.10. The van der Waals surface area contributed by atoms with E-state index in [0.29, 0.717) is 11.7 Å². The summed E-state index contributed by atoms with van der Waals surface area (Å²) in [5.74, 6) is -0.863. The van der Waals surface area contributed by atoms with Gasteiger partial charge < -0.3 is 4.98 Å². The zero-order chi connectivity index (χ0) is 12.0. The van der Waals surface area contributed by atoms with Crippen molar-refractivity contribution >= 4 is 15.9 Å². The molecular formula is C12H9BrF2N2. The Morgan fingerprint density at radius 1 is 1.24 bits per heavy atom. The molecule has 1 aliphatic carbocycles. The van der Waals surface area contributed by atoms with Crippen LogP contribution in [-0.4, -0.2) is 9.97 Å². The number of nitrogens with zero attached hydrogens (tertiary/aromatic N) is 1. The molecule has 0 unspecified atom stereocenters. The van der Waals surface area contributed by atoms with Gasteiger partial charge in [-0.3, -0.25) is 0 Å². The van der Waals surface area contributed by atoms with Gasteiger partial charge in [0.05, 0.1) is 10.0 Å². The van der Waals surface area contributed by atoms with Crippen molar-refractivity contribution in [1.29, 1.82) is 0 Å². The van der Waals surface area contributed by atoms with Crippen molar-refractivity contribution in [2.75, 3.05) is 0 Å². The summed E-state index contributed by atoms with van der Waals surface area (Å²) in [7, 11) is 0. The minimum absolute atomic E-state index is 0.118. The molecule has 0 amide bonds. The fourth-order valence-electron chi connectivity index (χ4n) is 1.78. The Labute approximate surface area is 105 Å². The third kappa shape index (κ3) is 1.88. The quantitative estimate of drug-likeness (QED) is 0.834. The molecule has 17 heavy (non-hydrogen) atoms. The van der Waals surface area contributed by atoms with Crippen molar-refractivity contribution in [1.82, 2.24) is 9.97 Å². The lowest BCUT2D eigenvalue weighted by atomic mass is 10.2. The lowest BCUT2D eigenvalue weighted by Crippen LogP contribution is -1.92. The maximum Gasteiger partial charge on any atom is 0.173 e. The highest BCUT2D eigenvalue weighted by atomic mass is 79.9. The molecule has 0 atom stereocenters. The zero-order valence-corrected chi connectivity index (χ0v) is 10.4. The Morgan fingerprint density at radius 2 is 2.00 bits per heavy atom. The maximum absolute atomic E-state index is 13.7. The minimum Gasteiger partial charge on any atom is -0.342 e. The van der Waals surface area contributed by atoms with Gasteiger partial charge in [-0.15, -0.1) is 0 Å². The topological polar surface area (TPSA) is 28.7 Å². The van der Waals surface area contributed by atoms with Crippen molar-refractivity contribution in [3.8, 4) is 11.4 Å². The van der Waals surface area contributed by atoms with E-state index in [0.717, 1.165) is 18.5 Å². The van der Waals surface area contributed by atoms with Crippen LogP contribution in [0.4, 0.5) is 8.78 Å². The molecular weight excluding hydrogens is 290 g/mol. The van der Waals surface area contributed by atoms with E-state index in [2.05, 4.69) is 25.9 Å². The van der Waals surface area contributed by atoms with Crippen LogP contribution in [0, 0.1) is 11.6 Å². The molecule has 88 valence electrons. The summed E-state index contributed by atoms with van der Waals surface area (Å²) in [6.45, 7) is 0. The Hall–Kier alpha value is -1.23. The summed E-state index contributed by atoms with van der Waals surface area (Å²) in [5.41, 5.74) is 1.17. The number of aromatic nitrogens is 2. The molecule has 1 N–H and O–H groups in total. The number of halogens is 3. The van der Waals surface area contributed by atoms with E-state index < -0.39 is 11.6 Å². The van der Waals surface area contributed by atoms with E-state index in [9.17, 15) is 8.78 Å². The van der Waals surface area contributed by atoms with Gasteiger partial charge in [0.15, 0.2) is 11.6 Å². The van der Waals surface area contributed by atoms with Gasteiger partial charge in [0, 0.05) is 17.8 Å². The second kappa shape index (κ2) is 3.91. The first kappa shape index (κ1) is 10.9. The molecule has 5 heteroatoms. The molecule has 1 aromatic heterocycles. The van der Waals surface area contributed by atoms with E-state index in [-0.39, 0.29) is 10.0 Å². The summed E-state index contributed by atoms with van der Waals surface area (Å²) >= 11 is 2.95. The van der Waals surface area contributed by atoms with Gasteiger partial charge >= 0.3 is 0 Å². The molecule has 2 nitrogen and oxygen atoms in total. The lowest BCUT2D eigenvalue weighted by Gasteiger charge is -2.02. The van der Waals surface area contributed by atoms with Gasteiger partial charge in [0.2, 0.25) is 0 Å². The Balaban J connectivity index is 2.05. The maximum atomic E-state index is 13.7. The second-order valence-corrected chi connectivity index (χ2v) is 5.04. The summed E-state index contributed by atoms with van der Waals surface area (Å²) in [6, 6.07) is 2.99. The van der Waals surface area contributed by atoms with E-state index >= 15 is 0 Å². The molecule has 1 heterocycles. The van der Waals surface area contributed by atoms with Crippen LogP contribution in [0.5, 0.6) is 0 Å². The van der Waals surface area contributed by atoms with Crippen LogP contribution in [0.3, 0.4) is 0 Å². The SMILES string of the molecule is Fc1c(Br)ccc(-c2ncc(C3CC3)[nH]2)c1F. The number of H-pyrrole nitrogens is 1. The first-order chi connectivity index (χ1) is 8.16. The molecule has 2 aromatic rings. The number of imidazole rings is 1. The molecule has 0 radical (unpaired) electrons. The smallest absolute Gasteiger partial charge is 0.173 e. The first-order valence-corrected chi connectivity index (χ1v) is 6.15. The number of rotatable bonds is 2. The molecule has 1 aromatic carbocycles. The van der Waals surface area contributed by atoms with Crippen LogP contribution in [0.25, 0.3) is 11.4 Å². The number of hydrogen-bond donors (Lipinski definition) is 1. The normalized spacial score (nSPS) is 15.2. The van der Waals surface area contributed by atoms with Crippen LogP contribution >= 0.6 is 15.9 Å². The van der Waals surface area contributed by atoms with Crippen molar-refractivity contribution < 1.29 is 8.78 Å². The van der Waals surface area contributed by atoms with Crippen LogP contribution in [0.15, 0.2) is 22.8 Å². The van der Waals surface area contributed by atoms with Crippen molar-refractivity contribution in [2.45, 2.75) is 18.8 Å². The minimum atomic E-state index is -0.883. The zero-order valence-electron chi connectivity index (χ0n) is 8.80. The number of aromatic amines is 1. The molecule has 0 aliphatic heterocycles. The van der Waals surface area contributed by atoms with Gasteiger partial charge in [0.25, 0.3) is 0 Å². The molecule has 1 aliphatic rings. The summed E-state index contributed by atoms with van der Waals surface area (Å²) < 4.78 is 27.2. The number of nitrogens with one attached hydrogen (secondary N) is 1. The molecule has 1 fully saturated rings. The predicted molar refractivity (Wildman–Crippen MR) is 63.6 cm³/mol. The summed E-state index contributed by atoms with van der Waals surface area (Å²) in [5, 5.41) is 0. The average molecular weight is 299 g/mol. The van der Waals surface area contributed by atoms with Gasteiger partial charge in [-0.25, -0.2) is 13.8 Å². The Kier molecular flexibility index (Phi) is 2.50. The van der Waals surface area contributed by atoms with Gasteiger partial charge in [-0.05, 0) is 40.9 Å². The Morgan fingerprint density at radius 3 is 2.71 bits per heavy atom. The fourth-order valence-corrected chi connectivity index (χ4v) is 2.09. The Bertz CT molecular complexity index is 576. The van der Waals surface area contributed by atoms with Crippen LogP contribution < -0.4 is 0 Å². The fraction of sp³-hybridized carbons (Fsp3) is 0.250. The van der Waals surface area contributed by atoms with Crippen molar-refractivity contribution in [3.05, 3.63) is 40.1 Å². The van der Waals surface area contributed by atoms with Gasteiger partial charge in [0.1, 0.15) is 5.82 Å². The molecule has 1 saturated carbocycles. The molecule has 0 bridgehead atoms. The van der Waals surface area contributed by atoms with Crippen molar-refractivity contribution in [3.63, 3.8) is 0 Å². The monoisotopic (exact) mass is 298 g/mol. The molecule has 0 spiro atoms. The van der Waals surface area contributed by atoms with E-state index in [4.69, 9.17) is 0 Å². The van der Waals surface area contributed by atoms with Gasteiger partial charge in [-0.1, -0.05) is 0 Å². The largest absolute Gasteiger partial charge is 0.342 e. The average Bonchev–Trinajstić information content (AvgIpc) is 3.06. The van der Waals surface area contributed by atoms with Gasteiger partial charge in [-0.2, -0.15) is 0 Å². The van der Waals surface area contributed by atoms with E-state index in [1.54, 1.807) is 6.20 Å². The predicted octanol–water partition coefficient (Wildman–Crippen LogP) is 3.99. The number of hydrogen-bond acceptors (Lipinski definition) is 1. The van der Waals surface area contributed by atoms with E-state index in [1.165, 1.54) is 12.1 Å². The standard InChI is InChI=1S/C12H9BrF2N2/c13-8-4-3-7(10(14)11(8)15)12-16-5-9(17-12)6-1-2-6/h3-6H,1-2H2,(H,16,17). The lowest BCUT2D eigenvalue weighted by molar-refractivity contribution is 0.506. The third-order valence-electron chi connectivity index (χ3n) is 2.90. The first-order valence-electron chi connectivity index (χ1n) is 5.35. The van der Waals surface area contributed by atoms with E-state index in [1.807, 2.05) is 0 Å². The highest BCUT2D eigenvalue weighted by Crippen LogP contribution is 2.39. The second-order valence-electron chi connectivity index (χ2n) is 4.18. The highest BCUT2D eigenvalue weighted by Gasteiger charge is 2.26.